The van der Waals surface area contributed by atoms with Crippen molar-refractivity contribution >= 4 is 34.0 Å². The Balaban J connectivity index is 1.49. The molecule has 4 aromatic rings. The number of rotatable bonds is 7. The third-order valence-corrected chi connectivity index (χ3v) is 5.68. The number of hydrogen-bond donors (Lipinski definition) is 1. The van der Waals surface area contributed by atoms with Crippen molar-refractivity contribution in [3.63, 3.8) is 0 Å². The molecule has 0 saturated carbocycles. The van der Waals surface area contributed by atoms with Crippen LogP contribution < -0.4 is 10.2 Å². The standard InChI is InChI=1S/C26H28N4O/c1-4-17-30-19(2)23(22-9-5-6-10-24(22)30)18-26(31)28-20-12-14-21(15-13-20)29(3)25-11-7-8-16-27-25/h5-16H,4,17-18H2,1-3H3,(H,28,31). The number of nitrogens with zero attached hydrogens (tertiary/aromatic N) is 3. The van der Waals surface area contributed by atoms with Gasteiger partial charge in [0.25, 0.3) is 0 Å². The molecule has 2 heterocycles. The molecule has 4 rings (SSSR count). The first-order valence-corrected chi connectivity index (χ1v) is 10.7. The minimum absolute atomic E-state index is 0.00617. The van der Waals surface area contributed by atoms with Crippen LogP contribution in [-0.4, -0.2) is 22.5 Å². The highest BCUT2D eigenvalue weighted by atomic mass is 16.1. The van der Waals surface area contributed by atoms with Crippen molar-refractivity contribution in [2.75, 3.05) is 17.3 Å². The molecule has 0 atom stereocenters. The van der Waals surface area contributed by atoms with E-state index in [1.54, 1.807) is 6.20 Å². The van der Waals surface area contributed by atoms with Crippen LogP contribution in [0.5, 0.6) is 0 Å². The highest BCUT2D eigenvalue weighted by Crippen LogP contribution is 2.27. The van der Waals surface area contributed by atoms with E-state index >= 15 is 0 Å². The van der Waals surface area contributed by atoms with Crippen molar-refractivity contribution in [1.29, 1.82) is 0 Å². The number of carbonyl (C=O) groups excluding carboxylic acids is 1. The third-order valence-electron chi connectivity index (χ3n) is 5.68. The molecule has 5 nitrogen and oxygen atoms in total. The van der Waals surface area contributed by atoms with Gasteiger partial charge in [-0.2, -0.15) is 0 Å². The molecule has 2 aromatic heterocycles. The molecular weight excluding hydrogens is 384 g/mol. The Labute approximate surface area is 183 Å². The molecule has 0 aliphatic rings. The van der Waals surface area contributed by atoms with Gasteiger partial charge in [0.2, 0.25) is 5.91 Å². The van der Waals surface area contributed by atoms with E-state index in [0.717, 1.165) is 41.1 Å². The molecule has 1 amide bonds. The van der Waals surface area contributed by atoms with Crippen molar-refractivity contribution in [2.45, 2.75) is 33.2 Å². The zero-order chi connectivity index (χ0) is 21.8. The zero-order valence-electron chi connectivity index (χ0n) is 18.3. The lowest BCUT2D eigenvalue weighted by Crippen LogP contribution is -2.15. The van der Waals surface area contributed by atoms with Crippen LogP contribution in [-0.2, 0) is 17.8 Å². The molecule has 0 radical (unpaired) electrons. The first kappa shape index (κ1) is 20.7. The summed E-state index contributed by atoms with van der Waals surface area (Å²) < 4.78 is 2.32. The number of fused-ring (bicyclic) bond motifs is 1. The second kappa shape index (κ2) is 9.04. The van der Waals surface area contributed by atoms with Crippen molar-refractivity contribution < 1.29 is 4.79 Å². The van der Waals surface area contributed by atoms with Gasteiger partial charge in [-0.1, -0.05) is 31.2 Å². The molecule has 0 spiro atoms. The summed E-state index contributed by atoms with van der Waals surface area (Å²) in [7, 11) is 1.98. The van der Waals surface area contributed by atoms with Gasteiger partial charge in [-0.15, -0.1) is 0 Å². The molecule has 1 N–H and O–H groups in total. The van der Waals surface area contributed by atoms with E-state index in [9.17, 15) is 4.79 Å². The second-order valence-corrected chi connectivity index (χ2v) is 7.75. The summed E-state index contributed by atoms with van der Waals surface area (Å²) in [6.45, 7) is 5.25. The minimum atomic E-state index is -0.00617. The van der Waals surface area contributed by atoms with Gasteiger partial charge < -0.3 is 14.8 Å². The third kappa shape index (κ3) is 4.31. The lowest BCUT2D eigenvalue weighted by molar-refractivity contribution is -0.115. The maximum absolute atomic E-state index is 12.8. The molecule has 5 heteroatoms. The minimum Gasteiger partial charge on any atom is -0.345 e. The predicted molar refractivity (Wildman–Crippen MR) is 128 cm³/mol. The quantitative estimate of drug-likeness (QED) is 0.423. The fourth-order valence-electron chi connectivity index (χ4n) is 4.06. The topological polar surface area (TPSA) is 50.2 Å². The fourth-order valence-corrected chi connectivity index (χ4v) is 4.06. The molecule has 0 fully saturated rings. The summed E-state index contributed by atoms with van der Waals surface area (Å²) in [5.41, 5.74) is 5.28. The smallest absolute Gasteiger partial charge is 0.228 e. The van der Waals surface area contributed by atoms with Gasteiger partial charge in [-0.25, -0.2) is 4.98 Å². The van der Waals surface area contributed by atoms with Gasteiger partial charge in [-0.3, -0.25) is 4.79 Å². The molecule has 0 saturated heterocycles. The summed E-state index contributed by atoms with van der Waals surface area (Å²) in [5.74, 6) is 0.867. The van der Waals surface area contributed by atoms with Crippen molar-refractivity contribution in [3.8, 4) is 0 Å². The van der Waals surface area contributed by atoms with Crippen LogP contribution in [0.25, 0.3) is 10.9 Å². The molecule has 31 heavy (non-hydrogen) atoms. The Morgan fingerprint density at radius 2 is 1.77 bits per heavy atom. The monoisotopic (exact) mass is 412 g/mol. The Bertz CT molecular complexity index is 1180. The van der Waals surface area contributed by atoms with Crippen LogP contribution in [0.1, 0.15) is 24.6 Å². The van der Waals surface area contributed by atoms with E-state index < -0.39 is 0 Å². The van der Waals surface area contributed by atoms with Crippen molar-refractivity contribution in [2.24, 2.45) is 0 Å². The van der Waals surface area contributed by atoms with Gasteiger partial charge in [0.15, 0.2) is 0 Å². The predicted octanol–water partition coefficient (Wildman–Crippen LogP) is 5.70. The lowest BCUT2D eigenvalue weighted by Gasteiger charge is -2.18. The summed E-state index contributed by atoms with van der Waals surface area (Å²) >= 11 is 0. The number of aryl methyl sites for hydroxylation is 1. The largest absolute Gasteiger partial charge is 0.345 e. The van der Waals surface area contributed by atoms with E-state index in [-0.39, 0.29) is 5.91 Å². The maximum Gasteiger partial charge on any atom is 0.228 e. The van der Waals surface area contributed by atoms with Gasteiger partial charge >= 0.3 is 0 Å². The zero-order valence-corrected chi connectivity index (χ0v) is 18.3. The highest BCUT2D eigenvalue weighted by molar-refractivity contribution is 5.96. The molecule has 0 aliphatic carbocycles. The van der Waals surface area contributed by atoms with Gasteiger partial charge in [0.1, 0.15) is 5.82 Å². The normalized spacial score (nSPS) is 10.9. The number of anilines is 3. The SMILES string of the molecule is CCCn1c(C)c(CC(=O)Nc2ccc(N(C)c3ccccn3)cc2)c2ccccc21. The number of aromatic nitrogens is 2. The number of amides is 1. The van der Waals surface area contributed by atoms with Crippen LogP contribution in [0.15, 0.2) is 72.9 Å². The summed E-state index contributed by atoms with van der Waals surface area (Å²) in [4.78, 5) is 19.2. The Hall–Kier alpha value is -3.60. The number of carbonyl (C=O) groups is 1. The molecule has 2 aromatic carbocycles. The van der Waals surface area contributed by atoms with E-state index in [0.29, 0.717) is 6.42 Å². The van der Waals surface area contributed by atoms with Gasteiger partial charge in [0.05, 0.1) is 6.42 Å². The summed E-state index contributed by atoms with van der Waals surface area (Å²) in [6, 6.07) is 22.0. The van der Waals surface area contributed by atoms with E-state index in [1.165, 1.54) is 11.2 Å². The van der Waals surface area contributed by atoms with Crippen molar-refractivity contribution in [1.82, 2.24) is 9.55 Å². The van der Waals surface area contributed by atoms with E-state index in [2.05, 4.69) is 46.9 Å². The number of hydrogen-bond acceptors (Lipinski definition) is 3. The first-order valence-electron chi connectivity index (χ1n) is 10.7. The van der Waals surface area contributed by atoms with Crippen LogP contribution in [0, 0.1) is 6.92 Å². The average molecular weight is 413 g/mol. The lowest BCUT2D eigenvalue weighted by atomic mass is 10.1. The average Bonchev–Trinajstić information content (AvgIpc) is 3.06. The van der Waals surface area contributed by atoms with Gasteiger partial charge in [-0.05, 0) is 61.4 Å². The van der Waals surface area contributed by atoms with Gasteiger partial charge in [0, 0.05) is 47.8 Å². The first-order chi connectivity index (χ1) is 15.1. The number of benzene rings is 2. The van der Waals surface area contributed by atoms with E-state index in [1.807, 2.05) is 60.5 Å². The van der Waals surface area contributed by atoms with Crippen molar-refractivity contribution in [3.05, 3.63) is 84.2 Å². The summed E-state index contributed by atoms with van der Waals surface area (Å²) in [6.07, 6.45) is 3.20. The fraction of sp³-hybridized carbons (Fsp3) is 0.231. The molecule has 0 unspecified atom stereocenters. The molecule has 0 bridgehead atoms. The number of para-hydroxylation sites is 1. The molecule has 158 valence electrons. The maximum atomic E-state index is 12.8. The number of nitrogens with one attached hydrogen (secondary N) is 1. The Morgan fingerprint density at radius 1 is 1.03 bits per heavy atom. The summed E-state index contributed by atoms with van der Waals surface area (Å²) in [5, 5.41) is 4.21. The highest BCUT2D eigenvalue weighted by Gasteiger charge is 2.16. The van der Waals surface area contributed by atoms with Crippen LogP contribution >= 0.6 is 0 Å². The van der Waals surface area contributed by atoms with Crippen LogP contribution in [0.4, 0.5) is 17.2 Å². The van der Waals surface area contributed by atoms with Crippen LogP contribution in [0.3, 0.4) is 0 Å². The Kier molecular flexibility index (Phi) is 6.03. The number of pyridine rings is 1. The molecule has 0 aliphatic heterocycles. The second-order valence-electron chi connectivity index (χ2n) is 7.75. The van der Waals surface area contributed by atoms with Crippen LogP contribution in [0.2, 0.25) is 0 Å². The molecular formula is C26H28N4O. The van der Waals surface area contributed by atoms with E-state index in [4.69, 9.17) is 0 Å². The Morgan fingerprint density at radius 3 is 2.48 bits per heavy atom.